The maximum atomic E-state index is 12.7. The molecule has 162 valence electrons. The van der Waals surface area contributed by atoms with Crippen molar-refractivity contribution < 1.29 is 22.7 Å². The van der Waals surface area contributed by atoms with E-state index in [-0.39, 0.29) is 4.90 Å². The van der Waals surface area contributed by atoms with Gasteiger partial charge in [-0.2, -0.15) is 0 Å². The number of amides is 1. The molecule has 0 aliphatic heterocycles. The second kappa shape index (κ2) is 8.87. The number of nitrogens with zero attached hydrogens (tertiary/aromatic N) is 1. The maximum absolute atomic E-state index is 12.7. The number of esters is 1. The lowest BCUT2D eigenvalue weighted by atomic mass is 10.1. The van der Waals surface area contributed by atoms with Crippen LogP contribution in [-0.2, 0) is 19.6 Å². The summed E-state index contributed by atoms with van der Waals surface area (Å²) in [6.07, 6.45) is 0. The highest BCUT2D eigenvalue weighted by Crippen LogP contribution is 2.32. The normalized spacial score (nSPS) is 11.3. The standard InChI is InChI=1S/C22H17N3O5S2/c23-32(28,29)15-11-9-14(10-12-15)24-20(26)13-30-22(27)17-6-2-1-5-16(17)21-25-18-7-3-4-8-19(18)31-21/h1-12H,13H2,(H,24,26)(H2,23,28,29). The fourth-order valence-electron chi connectivity index (χ4n) is 2.97. The summed E-state index contributed by atoms with van der Waals surface area (Å²) in [6.45, 7) is -0.510. The van der Waals surface area contributed by atoms with E-state index in [1.165, 1.54) is 35.6 Å². The number of hydrogen-bond acceptors (Lipinski definition) is 7. The molecule has 0 bridgehead atoms. The maximum Gasteiger partial charge on any atom is 0.339 e. The van der Waals surface area contributed by atoms with Crippen LogP contribution in [0.5, 0.6) is 0 Å². The average molecular weight is 468 g/mol. The van der Waals surface area contributed by atoms with Crippen LogP contribution in [0.3, 0.4) is 0 Å². The molecule has 0 aliphatic rings. The summed E-state index contributed by atoms with van der Waals surface area (Å²) in [4.78, 5) is 29.3. The predicted molar refractivity (Wildman–Crippen MR) is 122 cm³/mol. The van der Waals surface area contributed by atoms with Crippen molar-refractivity contribution in [1.82, 2.24) is 4.98 Å². The molecule has 3 aromatic carbocycles. The molecule has 0 radical (unpaired) electrons. The van der Waals surface area contributed by atoms with Crippen molar-refractivity contribution in [3.63, 3.8) is 0 Å². The zero-order valence-corrected chi connectivity index (χ0v) is 18.2. The summed E-state index contributed by atoms with van der Waals surface area (Å²) in [5.74, 6) is -1.22. The molecule has 1 aromatic heterocycles. The first-order valence-corrected chi connectivity index (χ1v) is 11.7. The van der Waals surface area contributed by atoms with Gasteiger partial charge in [-0.25, -0.2) is 23.3 Å². The Labute approximate surface area is 187 Å². The Morgan fingerprint density at radius 2 is 1.66 bits per heavy atom. The van der Waals surface area contributed by atoms with Crippen LogP contribution >= 0.6 is 11.3 Å². The van der Waals surface area contributed by atoms with Gasteiger partial charge in [-0.05, 0) is 42.5 Å². The van der Waals surface area contributed by atoms with Crippen molar-refractivity contribution in [2.45, 2.75) is 4.90 Å². The molecular weight excluding hydrogens is 450 g/mol. The third-order valence-electron chi connectivity index (χ3n) is 4.47. The summed E-state index contributed by atoms with van der Waals surface area (Å²) in [5, 5.41) is 8.25. The van der Waals surface area contributed by atoms with Gasteiger partial charge in [0.2, 0.25) is 10.0 Å². The fourth-order valence-corrected chi connectivity index (χ4v) is 4.49. The number of carbonyl (C=O) groups is 2. The molecule has 1 heterocycles. The van der Waals surface area contributed by atoms with Crippen molar-refractivity contribution in [2.24, 2.45) is 5.14 Å². The number of fused-ring (bicyclic) bond motifs is 1. The summed E-state index contributed by atoms with van der Waals surface area (Å²) < 4.78 is 28.8. The van der Waals surface area contributed by atoms with Gasteiger partial charge in [0.05, 0.1) is 20.7 Å². The monoisotopic (exact) mass is 467 g/mol. The van der Waals surface area contributed by atoms with E-state index in [1.807, 2.05) is 24.3 Å². The van der Waals surface area contributed by atoms with E-state index in [2.05, 4.69) is 10.3 Å². The van der Waals surface area contributed by atoms with Gasteiger partial charge in [0.15, 0.2) is 6.61 Å². The Bertz CT molecular complexity index is 1380. The number of thiazole rings is 1. The lowest BCUT2D eigenvalue weighted by Crippen LogP contribution is -2.21. The molecule has 32 heavy (non-hydrogen) atoms. The van der Waals surface area contributed by atoms with Crippen LogP contribution < -0.4 is 10.5 Å². The third kappa shape index (κ3) is 4.83. The zero-order valence-electron chi connectivity index (χ0n) is 16.5. The van der Waals surface area contributed by atoms with Gasteiger partial charge in [-0.1, -0.05) is 30.3 Å². The van der Waals surface area contributed by atoms with Crippen LogP contribution in [0.25, 0.3) is 20.8 Å². The van der Waals surface area contributed by atoms with E-state index >= 15 is 0 Å². The summed E-state index contributed by atoms with van der Waals surface area (Å²) in [6, 6.07) is 19.9. The van der Waals surface area contributed by atoms with Gasteiger partial charge in [-0.15, -0.1) is 11.3 Å². The van der Waals surface area contributed by atoms with Gasteiger partial charge >= 0.3 is 5.97 Å². The number of anilines is 1. The highest BCUT2D eigenvalue weighted by atomic mass is 32.2. The molecule has 0 spiro atoms. The number of hydrogen-bond donors (Lipinski definition) is 2. The Kier molecular flexibility index (Phi) is 5.99. The molecule has 0 aliphatic carbocycles. The van der Waals surface area contributed by atoms with E-state index < -0.39 is 28.5 Å². The van der Waals surface area contributed by atoms with Crippen molar-refractivity contribution in [3.05, 3.63) is 78.4 Å². The first-order chi connectivity index (χ1) is 15.3. The largest absolute Gasteiger partial charge is 0.452 e. The Hall–Kier alpha value is -3.60. The van der Waals surface area contributed by atoms with E-state index in [1.54, 1.807) is 24.3 Å². The van der Waals surface area contributed by atoms with Crippen LogP contribution in [-0.4, -0.2) is 31.9 Å². The van der Waals surface area contributed by atoms with Gasteiger partial charge in [0.25, 0.3) is 5.91 Å². The van der Waals surface area contributed by atoms with Gasteiger partial charge in [0.1, 0.15) is 5.01 Å². The van der Waals surface area contributed by atoms with Crippen LogP contribution in [0.2, 0.25) is 0 Å². The number of ether oxygens (including phenoxy) is 1. The SMILES string of the molecule is NS(=O)(=O)c1ccc(NC(=O)COC(=O)c2ccccc2-c2nc3ccccc3s2)cc1. The number of primary sulfonamides is 1. The van der Waals surface area contributed by atoms with E-state index in [0.717, 1.165) is 10.2 Å². The first-order valence-electron chi connectivity index (χ1n) is 9.36. The fraction of sp³-hybridized carbons (Fsp3) is 0.0455. The quantitative estimate of drug-likeness (QED) is 0.418. The number of benzene rings is 3. The number of rotatable bonds is 6. The smallest absolute Gasteiger partial charge is 0.339 e. The van der Waals surface area contributed by atoms with Crippen LogP contribution in [0, 0.1) is 0 Å². The van der Waals surface area contributed by atoms with Gasteiger partial charge in [-0.3, -0.25) is 4.79 Å². The molecule has 3 N–H and O–H groups in total. The van der Waals surface area contributed by atoms with Crippen molar-refractivity contribution in [3.8, 4) is 10.6 Å². The van der Waals surface area contributed by atoms with E-state index in [9.17, 15) is 18.0 Å². The summed E-state index contributed by atoms with van der Waals surface area (Å²) in [7, 11) is -3.82. The number of nitrogens with one attached hydrogen (secondary N) is 1. The minimum atomic E-state index is -3.82. The number of sulfonamides is 1. The summed E-state index contributed by atoms with van der Waals surface area (Å²) in [5.41, 5.74) is 2.10. The lowest BCUT2D eigenvalue weighted by molar-refractivity contribution is -0.119. The Morgan fingerprint density at radius 1 is 0.969 bits per heavy atom. The van der Waals surface area contributed by atoms with Gasteiger partial charge < -0.3 is 10.1 Å². The number of aromatic nitrogens is 1. The first kappa shape index (κ1) is 21.6. The van der Waals surface area contributed by atoms with E-state index in [0.29, 0.717) is 21.8 Å². The minimum absolute atomic E-state index is 0.0756. The molecular formula is C22H17N3O5S2. The van der Waals surface area contributed by atoms with Crippen molar-refractivity contribution in [1.29, 1.82) is 0 Å². The van der Waals surface area contributed by atoms with Crippen LogP contribution in [0.15, 0.2) is 77.7 Å². The number of nitrogens with two attached hydrogens (primary N) is 1. The molecule has 8 nitrogen and oxygen atoms in total. The molecule has 4 rings (SSSR count). The Morgan fingerprint density at radius 3 is 2.38 bits per heavy atom. The molecule has 0 atom stereocenters. The molecule has 0 saturated carbocycles. The second-order valence-electron chi connectivity index (χ2n) is 6.73. The molecule has 10 heteroatoms. The van der Waals surface area contributed by atoms with Crippen molar-refractivity contribution >= 4 is 49.1 Å². The second-order valence-corrected chi connectivity index (χ2v) is 9.32. The minimum Gasteiger partial charge on any atom is -0.452 e. The van der Waals surface area contributed by atoms with Crippen LogP contribution in [0.4, 0.5) is 5.69 Å². The number of para-hydroxylation sites is 1. The predicted octanol–water partition coefficient (Wildman–Crippen LogP) is 3.41. The molecule has 0 fully saturated rings. The van der Waals surface area contributed by atoms with Crippen molar-refractivity contribution in [2.75, 3.05) is 11.9 Å². The highest BCUT2D eigenvalue weighted by Gasteiger charge is 2.18. The zero-order chi connectivity index (χ0) is 22.7. The highest BCUT2D eigenvalue weighted by molar-refractivity contribution is 7.89. The lowest BCUT2D eigenvalue weighted by Gasteiger charge is -2.09. The molecule has 4 aromatic rings. The van der Waals surface area contributed by atoms with Gasteiger partial charge in [0, 0.05) is 11.3 Å². The topological polar surface area (TPSA) is 128 Å². The molecule has 0 unspecified atom stereocenters. The average Bonchev–Trinajstić information content (AvgIpc) is 3.21. The molecule has 1 amide bonds. The molecule has 0 saturated heterocycles. The summed E-state index contributed by atoms with van der Waals surface area (Å²) >= 11 is 1.46. The van der Waals surface area contributed by atoms with E-state index in [4.69, 9.17) is 9.88 Å². The third-order valence-corrected chi connectivity index (χ3v) is 6.47. The number of carbonyl (C=O) groups excluding carboxylic acids is 2. The van der Waals surface area contributed by atoms with Crippen LogP contribution in [0.1, 0.15) is 10.4 Å². The Balaban J connectivity index is 1.44.